The van der Waals surface area contributed by atoms with Crippen LogP contribution in [0.1, 0.15) is 45.0 Å². The first-order valence-electron chi connectivity index (χ1n) is 6.85. The highest BCUT2D eigenvalue weighted by atomic mass is 79.9. The predicted octanol–water partition coefficient (Wildman–Crippen LogP) is 3.39. The fourth-order valence-electron chi connectivity index (χ4n) is 2.37. The molecule has 0 spiro atoms. The van der Waals surface area contributed by atoms with Gasteiger partial charge in [-0.15, -0.1) is 0 Å². The average Bonchev–Trinajstić information content (AvgIpc) is 3.16. The van der Waals surface area contributed by atoms with Gasteiger partial charge in [-0.05, 0) is 48.0 Å². The Balaban J connectivity index is 2.16. The molecule has 1 aliphatic rings. The molecule has 0 saturated heterocycles. The van der Waals surface area contributed by atoms with E-state index in [1.165, 1.54) is 12.8 Å². The van der Waals surface area contributed by atoms with E-state index < -0.39 is 0 Å². The number of carbonyl (C=O) groups is 1. The zero-order valence-corrected chi connectivity index (χ0v) is 13.0. The van der Waals surface area contributed by atoms with E-state index in [1.54, 1.807) is 0 Å². The molecule has 1 aliphatic carbocycles. The highest BCUT2D eigenvalue weighted by molar-refractivity contribution is 9.10. The molecular weight excluding hydrogens is 292 g/mol. The van der Waals surface area contributed by atoms with Crippen molar-refractivity contribution in [1.29, 1.82) is 0 Å². The van der Waals surface area contributed by atoms with Crippen molar-refractivity contribution in [2.24, 2.45) is 11.8 Å². The number of aromatic nitrogens is 2. The van der Waals surface area contributed by atoms with Crippen molar-refractivity contribution in [3.63, 3.8) is 0 Å². The van der Waals surface area contributed by atoms with Gasteiger partial charge in [-0.3, -0.25) is 9.48 Å². The SMILES string of the molecule is CCc1nn(CC)c(CC(=O)C(C)C2CC2)c1Br. The van der Waals surface area contributed by atoms with E-state index in [1.807, 2.05) is 4.68 Å². The van der Waals surface area contributed by atoms with Gasteiger partial charge >= 0.3 is 0 Å². The first-order chi connectivity index (χ1) is 8.58. The number of hydrogen-bond donors (Lipinski definition) is 0. The lowest BCUT2D eigenvalue weighted by atomic mass is 9.97. The van der Waals surface area contributed by atoms with Crippen molar-refractivity contribution in [3.05, 3.63) is 15.9 Å². The molecule has 1 aromatic heterocycles. The fourth-order valence-corrected chi connectivity index (χ4v) is 3.08. The Kier molecular flexibility index (Phi) is 4.25. The van der Waals surface area contributed by atoms with Crippen molar-refractivity contribution < 1.29 is 4.79 Å². The number of carbonyl (C=O) groups excluding carboxylic acids is 1. The van der Waals surface area contributed by atoms with Crippen LogP contribution in [-0.4, -0.2) is 15.6 Å². The lowest BCUT2D eigenvalue weighted by Crippen LogP contribution is -2.18. The van der Waals surface area contributed by atoms with Gasteiger partial charge in [-0.2, -0.15) is 5.10 Å². The van der Waals surface area contributed by atoms with Gasteiger partial charge in [0.15, 0.2) is 0 Å². The Labute approximate surface area is 117 Å². The number of rotatable bonds is 6. The quantitative estimate of drug-likeness (QED) is 0.807. The number of halogens is 1. The van der Waals surface area contributed by atoms with Crippen LogP contribution >= 0.6 is 15.9 Å². The fraction of sp³-hybridized carbons (Fsp3) is 0.714. The Bertz CT molecular complexity index is 449. The maximum Gasteiger partial charge on any atom is 0.141 e. The van der Waals surface area contributed by atoms with Gasteiger partial charge in [0.25, 0.3) is 0 Å². The molecule has 2 rings (SSSR count). The molecule has 0 amide bonds. The van der Waals surface area contributed by atoms with E-state index in [-0.39, 0.29) is 5.92 Å². The van der Waals surface area contributed by atoms with Gasteiger partial charge in [0.05, 0.1) is 15.9 Å². The summed E-state index contributed by atoms with van der Waals surface area (Å²) in [7, 11) is 0. The summed E-state index contributed by atoms with van der Waals surface area (Å²) < 4.78 is 2.99. The van der Waals surface area contributed by atoms with Gasteiger partial charge in [0, 0.05) is 18.9 Å². The molecule has 1 fully saturated rings. The van der Waals surface area contributed by atoms with E-state index in [4.69, 9.17) is 0 Å². The Morgan fingerprint density at radius 2 is 2.17 bits per heavy atom. The molecule has 0 N–H and O–H groups in total. The summed E-state index contributed by atoms with van der Waals surface area (Å²) in [5, 5.41) is 4.54. The van der Waals surface area contributed by atoms with E-state index in [2.05, 4.69) is 41.8 Å². The van der Waals surface area contributed by atoms with Gasteiger partial charge < -0.3 is 0 Å². The monoisotopic (exact) mass is 312 g/mol. The van der Waals surface area contributed by atoms with Crippen LogP contribution in [0.3, 0.4) is 0 Å². The van der Waals surface area contributed by atoms with E-state index in [0.717, 1.165) is 28.8 Å². The lowest BCUT2D eigenvalue weighted by Gasteiger charge is -2.10. The summed E-state index contributed by atoms with van der Waals surface area (Å²) in [6.07, 6.45) is 3.86. The normalized spacial score (nSPS) is 16.9. The summed E-state index contributed by atoms with van der Waals surface area (Å²) in [5.74, 6) is 1.21. The van der Waals surface area contributed by atoms with Crippen molar-refractivity contribution in [2.45, 2.75) is 53.0 Å². The summed E-state index contributed by atoms with van der Waals surface area (Å²) in [5.41, 5.74) is 2.10. The maximum absolute atomic E-state index is 12.2. The molecule has 100 valence electrons. The molecule has 1 unspecified atom stereocenters. The molecule has 0 aromatic carbocycles. The van der Waals surface area contributed by atoms with Crippen LogP contribution in [-0.2, 0) is 24.2 Å². The van der Waals surface area contributed by atoms with Crippen molar-refractivity contribution in [3.8, 4) is 0 Å². The van der Waals surface area contributed by atoms with Crippen LogP contribution < -0.4 is 0 Å². The zero-order valence-electron chi connectivity index (χ0n) is 11.4. The molecule has 1 atom stereocenters. The Morgan fingerprint density at radius 1 is 1.50 bits per heavy atom. The van der Waals surface area contributed by atoms with Gasteiger partial charge in [-0.1, -0.05) is 13.8 Å². The molecule has 1 heterocycles. The predicted molar refractivity (Wildman–Crippen MR) is 75.6 cm³/mol. The zero-order chi connectivity index (χ0) is 13.3. The molecule has 0 aliphatic heterocycles. The third-order valence-electron chi connectivity index (χ3n) is 3.87. The second-order valence-electron chi connectivity index (χ2n) is 5.15. The number of aryl methyl sites for hydroxylation is 2. The number of hydrogen-bond acceptors (Lipinski definition) is 2. The van der Waals surface area contributed by atoms with Gasteiger partial charge in [0.1, 0.15) is 5.78 Å². The van der Waals surface area contributed by atoms with Crippen LogP contribution in [0.5, 0.6) is 0 Å². The topological polar surface area (TPSA) is 34.9 Å². The lowest BCUT2D eigenvalue weighted by molar-refractivity contribution is -0.122. The summed E-state index contributed by atoms with van der Waals surface area (Å²) >= 11 is 3.60. The molecular formula is C14H21BrN2O. The number of nitrogens with zero attached hydrogens (tertiary/aromatic N) is 2. The van der Waals surface area contributed by atoms with Crippen LogP contribution in [0.4, 0.5) is 0 Å². The second-order valence-corrected chi connectivity index (χ2v) is 5.94. The maximum atomic E-state index is 12.2. The van der Waals surface area contributed by atoms with Crippen molar-refractivity contribution in [1.82, 2.24) is 9.78 Å². The number of Topliss-reactive ketones (excluding diaryl/α,β-unsaturated/α-hetero) is 1. The van der Waals surface area contributed by atoms with Gasteiger partial charge in [0.2, 0.25) is 0 Å². The molecule has 3 nitrogen and oxygen atoms in total. The average molecular weight is 313 g/mol. The summed E-state index contributed by atoms with van der Waals surface area (Å²) in [6.45, 7) is 7.04. The molecule has 0 radical (unpaired) electrons. The molecule has 1 saturated carbocycles. The first-order valence-corrected chi connectivity index (χ1v) is 7.64. The highest BCUT2D eigenvalue weighted by Gasteiger charge is 2.33. The minimum absolute atomic E-state index is 0.210. The molecule has 0 bridgehead atoms. The third kappa shape index (κ3) is 2.68. The first kappa shape index (κ1) is 13.8. The van der Waals surface area contributed by atoms with Gasteiger partial charge in [-0.25, -0.2) is 0 Å². The largest absolute Gasteiger partial charge is 0.299 e. The van der Waals surface area contributed by atoms with Crippen LogP contribution in [0.2, 0.25) is 0 Å². The van der Waals surface area contributed by atoms with Crippen molar-refractivity contribution >= 4 is 21.7 Å². The molecule has 1 aromatic rings. The smallest absolute Gasteiger partial charge is 0.141 e. The van der Waals surface area contributed by atoms with Crippen LogP contribution in [0.25, 0.3) is 0 Å². The summed E-state index contributed by atoms with van der Waals surface area (Å²) in [4.78, 5) is 12.2. The van der Waals surface area contributed by atoms with E-state index in [9.17, 15) is 4.79 Å². The summed E-state index contributed by atoms with van der Waals surface area (Å²) in [6, 6.07) is 0. The van der Waals surface area contributed by atoms with E-state index in [0.29, 0.717) is 18.1 Å². The minimum atomic E-state index is 0.210. The number of ketones is 1. The minimum Gasteiger partial charge on any atom is -0.299 e. The van der Waals surface area contributed by atoms with Crippen LogP contribution in [0, 0.1) is 11.8 Å². The van der Waals surface area contributed by atoms with Crippen LogP contribution in [0.15, 0.2) is 4.47 Å². The van der Waals surface area contributed by atoms with Crippen molar-refractivity contribution in [2.75, 3.05) is 0 Å². The Morgan fingerprint density at radius 3 is 2.67 bits per heavy atom. The van der Waals surface area contributed by atoms with E-state index >= 15 is 0 Å². The molecule has 4 heteroatoms. The standard InChI is InChI=1S/C14H21BrN2O/c1-4-11-14(15)12(17(5-2)16-11)8-13(18)9(3)10-6-7-10/h9-10H,4-8H2,1-3H3. The Hall–Kier alpha value is -0.640. The third-order valence-corrected chi connectivity index (χ3v) is 4.79. The second kappa shape index (κ2) is 5.55. The highest BCUT2D eigenvalue weighted by Crippen LogP contribution is 2.37. The molecule has 18 heavy (non-hydrogen) atoms.